The van der Waals surface area contributed by atoms with E-state index in [1.54, 1.807) is 12.1 Å². The molecule has 0 spiro atoms. The Balaban J connectivity index is 1.09. The van der Waals surface area contributed by atoms with Crippen molar-refractivity contribution in [1.29, 1.82) is 0 Å². The Hall–Kier alpha value is -3.70. The molecule has 1 aliphatic heterocycles. The number of hydrogen-bond donors (Lipinski definition) is 1. The van der Waals surface area contributed by atoms with Crippen molar-refractivity contribution in [3.05, 3.63) is 88.6 Å². The van der Waals surface area contributed by atoms with Crippen LogP contribution < -0.4 is 10.2 Å². The quantitative estimate of drug-likeness (QED) is 0.289. The Morgan fingerprint density at radius 3 is 2.42 bits per heavy atom. The van der Waals surface area contributed by atoms with Crippen LogP contribution in [0, 0.1) is 5.82 Å². The van der Waals surface area contributed by atoms with Gasteiger partial charge in [-0.25, -0.2) is 4.39 Å². The number of anilines is 2. The highest BCUT2D eigenvalue weighted by Gasteiger charge is 2.22. The van der Waals surface area contributed by atoms with Crippen molar-refractivity contribution >= 4 is 50.9 Å². The minimum absolute atomic E-state index is 0.0406. The van der Waals surface area contributed by atoms with Crippen molar-refractivity contribution in [2.24, 2.45) is 0 Å². The van der Waals surface area contributed by atoms with Gasteiger partial charge in [0, 0.05) is 53.2 Å². The lowest BCUT2D eigenvalue weighted by Crippen LogP contribution is -2.48. The van der Waals surface area contributed by atoms with Crippen LogP contribution in [0.2, 0.25) is 0 Å². The molecule has 1 fully saturated rings. The molecule has 0 radical (unpaired) electrons. The van der Waals surface area contributed by atoms with Crippen LogP contribution in [0.5, 0.6) is 0 Å². The van der Waals surface area contributed by atoms with Gasteiger partial charge < -0.3 is 19.5 Å². The van der Waals surface area contributed by atoms with Crippen LogP contribution >= 0.6 is 27.7 Å². The molecular formula is C27H23BrFN5O3S. The molecule has 194 valence electrons. The van der Waals surface area contributed by atoms with E-state index in [1.165, 1.54) is 12.1 Å². The first-order chi connectivity index (χ1) is 18.4. The number of nitrogens with one attached hydrogen (secondary N) is 1. The van der Waals surface area contributed by atoms with Crippen LogP contribution in [0.4, 0.5) is 15.8 Å². The van der Waals surface area contributed by atoms with Crippen molar-refractivity contribution in [3.8, 4) is 11.5 Å². The molecule has 0 aliphatic carbocycles. The van der Waals surface area contributed by atoms with Crippen LogP contribution in [0.15, 0.2) is 86.9 Å². The van der Waals surface area contributed by atoms with Gasteiger partial charge in [-0.2, -0.15) is 0 Å². The van der Waals surface area contributed by atoms with Crippen molar-refractivity contribution in [2.75, 3.05) is 42.1 Å². The van der Waals surface area contributed by atoms with E-state index >= 15 is 0 Å². The maximum Gasteiger partial charge on any atom is 0.277 e. The number of amides is 2. The molecular weight excluding hydrogens is 573 g/mol. The zero-order chi connectivity index (χ0) is 26.5. The van der Waals surface area contributed by atoms with E-state index in [1.807, 2.05) is 53.4 Å². The summed E-state index contributed by atoms with van der Waals surface area (Å²) in [6.07, 6.45) is 0. The average molecular weight is 596 g/mol. The zero-order valence-electron chi connectivity index (χ0n) is 20.1. The molecule has 0 unspecified atom stereocenters. The monoisotopic (exact) mass is 595 g/mol. The van der Waals surface area contributed by atoms with E-state index in [0.717, 1.165) is 35.0 Å². The lowest BCUT2D eigenvalue weighted by atomic mass is 10.1. The smallest absolute Gasteiger partial charge is 0.277 e. The highest BCUT2D eigenvalue weighted by atomic mass is 79.9. The fourth-order valence-electron chi connectivity index (χ4n) is 4.03. The predicted octanol–water partition coefficient (Wildman–Crippen LogP) is 5.33. The summed E-state index contributed by atoms with van der Waals surface area (Å²) in [5.41, 5.74) is 2.87. The Kier molecular flexibility index (Phi) is 8.04. The van der Waals surface area contributed by atoms with Gasteiger partial charge in [0.05, 0.1) is 5.75 Å². The van der Waals surface area contributed by atoms with Crippen molar-refractivity contribution < 1.29 is 18.4 Å². The predicted molar refractivity (Wildman–Crippen MR) is 148 cm³/mol. The first-order valence-corrected chi connectivity index (χ1v) is 13.6. The Morgan fingerprint density at radius 2 is 1.71 bits per heavy atom. The second-order valence-corrected chi connectivity index (χ2v) is 10.4. The van der Waals surface area contributed by atoms with Gasteiger partial charge in [-0.05, 0) is 66.7 Å². The van der Waals surface area contributed by atoms with Crippen LogP contribution in [0.1, 0.15) is 10.4 Å². The largest absolute Gasteiger partial charge is 0.411 e. The Bertz CT molecular complexity index is 1420. The summed E-state index contributed by atoms with van der Waals surface area (Å²) in [4.78, 5) is 29.2. The molecule has 1 saturated heterocycles. The number of thioether (sulfide) groups is 1. The molecule has 4 aromatic rings. The summed E-state index contributed by atoms with van der Waals surface area (Å²) < 4.78 is 19.9. The zero-order valence-corrected chi connectivity index (χ0v) is 22.5. The molecule has 11 heteroatoms. The minimum atomic E-state index is -0.394. The fourth-order valence-corrected chi connectivity index (χ4v) is 4.86. The fraction of sp³-hybridized carbons (Fsp3) is 0.185. The standard InChI is InChI=1S/C27H23BrFN5O3S/c28-20-6-4-18(5-7-20)26(36)34-14-12-33(13-15-34)23-10-8-22(9-11-23)30-24(35)17-38-27-32-31-25(37-27)19-2-1-3-21(29)16-19/h1-11,16H,12-15,17H2,(H,30,35). The third-order valence-electron chi connectivity index (χ3n) is 5.98. The second-order valence-electron chi connectivity index (χ2n) is 8.55. The number of piperazine rings is 1. The van der Waals surface area contributed by atoms with Crippen LogP contribution in [0.3, 0.4) is 0 Å². The first kappa shape index (κ1) is 25.9. The Labute approximate surface area is 231 Å². The number of benzene rings is 3. The van der Waals surface area contributed by atoms with Gasteiger partial charge in [-0.15, -0.1) is 10.2 Å². The molecule has 1 aliphatic rings. The van der Waals surface area contributed by atoms with Crippen molar-refractivity contribution in [1.82, 2.24) is 15.1 Å². The lowest BCUT2D eigenvalue weighted by molar-refractivity contribution is -0.113. The van der Waals surface area contributed by atoms with Crippen LogP contribution in [-0.2, 0) is 4.79 Å². The molecule has 38 heavy (non-hydrogen) atoms. The number of rotatable bonds is 7. The van der Waals surface area contributed by atoms with Gasteiger partial charge in [0.25, 0.3) is 11.1 Å². The van der Waals surface area contributed by atoms with E-state index in [-0.39, 0.29) is 28.7 Å². The molecule has 5 rings (SSSR count). The highest BCUT2D eigenvalue weighted by Crippen LogP contribution is 2.25. The number of nitrogens with zero attached hydrogens (tertiary/aromatic N) is 4. The van der Waals surface area contributed by atoms with E-state index in [0.29, 0.717) is 29.9 Å². The van der Waals surface area contributed by atoms with Crippen molar-refractivity contribution in [2.45, 2.75) is 5.22 Å². The average Bonchev–Trinajstić information content (AvgIpc) is 3.42. The molecule has 2 amide bonds. The number of halogens is 2. The molecule has 0 bridgehead atoms. The lowest BCUT2D eigenvalue weighted by Gasteiger charge is -2.36. The van der Waals surface area contributed by atoms with E-state index in [9.17, 15) is 14.0 Å². The molecule has 2 heterocycles. The topological polar surface area (TPSA) is 91.6 Å². The number of carbonyl (C=O) groups is 2. The van der Waals surface area contributed by atoms with Gasteiger partial charge in [0.15, 0.2) is 0 Å². The van der Waals surface area contributed by atoms with Crippen molar-refractivity contribution in [3.63, 3.8) is 0 Å². The summed E-state index contributed by atoms with van der Waals surface area (Å²) in [5, 5.41) is 10.9. The third-order valence-corrected chi connectivity index (χ3v) is 7.33. The van der Waals surface area contributed by atoms with E-state index in [4.69, 9.17) is 4.42 Å². The maximum absolute atomic E-state index is 13.4. The molecule has 3 aromatic carbocycles. The SMILES string of the molecule is O=C(CSc1nnc(-c2cccc(F)c2)o1)Nc1ccc(N2CCN(C(=O)c3ccc(Br)cc3)CC2)cc1. The Morgan fingerprint density at radius 1 is 0.974 bits per heavy atom. The number of hydrogen-bond acceptors (Lipinski definition) is 7. The number of carbonyl (C=O) groups excluding carboxylic acids is 2. The summed E-state index contributed by atoms with van der Waals surface area (Å²) in [5.74, 6) is -0.288. The first-order valence-electron chi connectivity index (χ1n) is 11.9. The highest BCUT2D eigenvalue weighted by molar-refractivity contribution is 9.10. The third kappa shape index (κ3) is 6.40. The normalized spacial score (nSPS) is 13.4. The summed E-state index contributed by atoms with van der Waals surface area (Å²) in [7, 11) is 0. The molecule has 1 N–H and O–H groups in total. The summed E-state index contributed by atoms with van der Waals surface area (Å²) in [6.45, 7) is 2.74. The molecule has 0 saturated carbocycles. The molecule has 1 aromatic heterocycles. The summed E-state index contributed by atoms with van der Waals surface area (Å²) in [6, 6.07) is 20.9. The summed E-state index contributed by atoms with van der Waals surface area (Å²) >= 11 is 4.50. The van der Waals surface area contributed by atoms with Crippen LogP contribution in [0.25, 0.3) is 11.5 Å². The molecule has 0 atom stereocenters. The minimum Gasteiger partial charge on any atom is -0.411 e. The van der Waals surface area contributed by atoms with Crippen LogP contribution in [-0.4, -0.2) is 58.8 Å². The van der Waals surface area contributed by atoms with Gasteiger partial charge in [-0.1, -0.05) is 33.8 Å². The maximum atomic E-state index is 13.4. The molecule has 8 nitrogen and oxygen atoms in total. The van der Waals surface area contributed by atoms with E-state index < -0.39 is 5.82 Å². The van der Waals surface area contributed by atoms with E-state index in [2.05, 4.69) is 36.3 Å². The van der Waals surface area contributed by atoms with Gasteiger partial charge in [-0.3, -0.25) is 9.59 Å². The van der Waals surface area contributed by atoms with Gasteiger partial charge in [0.1, 0.15) is 5.82 Å². The van der Waals surface area contributed by atoms with Gasteiger partial charge in [0.2, 0.25) is 11.8 Å². The second kappa shape index (κ2) is 11.8. The number of aromatic nitrogens is 2. The van der Waals surface area contributed by atoms with Gasteiger partial charge >= 0.3 is 0 Å².